The van der Waals surface area contributed by atoms with Crippen LogP contribution < -0.4 is 11.1 Å². The van der Waals surface area contributed by atoms with Crippen LogP contribution in [-0.2, 0) is 4.74 Å². The number of hydrogen-bond donors (Lipinski definition) is 2. The Bertz CT molecular complexity index is 414. The van der Waals surface area contributed by atoms with Gasteiger partial charge in [0.2, 0.25) is 0 Å². The van der Waals surface area contributed by atoms with E-state index in [0.29, 0.717) is 5.82 Å². The third-order valence-corrected chi connectivity index (χ3v) is 3.67. The lowest BCUT2D eigenvalue weighted by Gasteiger charge is -2.34. The number of ether oxygens (including phenoxy) is 1. The molecule has 1 aromatic rings. The highest BCUT2D eigenvalue weighted by Gasteiger charge is 2.39. The van der Waals surface area contributed by atoms with E-state index >= 15 is 0 Å². The first-order chi connectivity index (χ1) is 8.57. The fourth-order valence-corrected chi connectivity index (χ4v) is 2.72. The van der Waals surface area contributed by atoms with Gasteiger partial charge in [0.05, 0.1) is 11.6 Å². The van der Waals surface area contributed by atoms with E-state index in [1.54, 1.807) is 6.20 Å². The number of aromatic nitrogens is 1. The molecule has 2 rings (SSSR count). The first kappa shape index (κ1) is 13.3. The summed E-state index contributed by atoms with van der Waals surface area (Å²) in [6.45, 7) is 8.02. The zero-order valence-electron chi connectivity index (χ0n) is 11.5. The van der Waals surface area contributed by atoms with E-state index in [1.807, 2.05) is 6.92 Å². The van der Waals surface area contributed by atoms with Gasteiger partial charge in [0.25, 0.3) is 0 Å². The van der Waals surface area contributed by atoms with Crippen molar-refractivity contribution in [1.82, 2.24) is 10.3 Å². The van der Waals surface area contributed by atoms with Crippen LogP contribution >= 0.6 is 0 Å². The summed E-state index contributed by atoms with van der Waals surface area (Å²) in [5, 5.41) is 3.50. The smallest absolute Gasteiger partial charge is 0.128 e. The molecule has 1 fully saturated rings. The molecular weight excluding hydrogens is 226 g/mol. The Hall–Kier alpha value is -1.13. The van der Waals surface area contributed by atoms with Gasteiger partial charge < -0.3 is 15.8 Å². The normalized spacial score (nSPS) is 25.3. The summed E-state index contributed by atoms with van der Waals surface area (Å²) >= 11 is 0. The molecule has 0 radical (unpaired) electrons. The van der Waals surface area contributed by atoms with Gasteiger partial charge in [-0.15, -0.1) is 0 Å². The van der Waals surface area contributed by atoms with Gasteiger partial charge >= 0.3 is 0 Å². The predicted molar refractivity (Wildman–Crippen MR) is 73.4 cm³/mol. The van der Waals surface area contributed by atoms with Crippen LogP contribution in [0.2, 0.25) is 0 Å². The van der Waals surface area contributed by atoms with Crippen LogP contribution in [0, 0.1) is 6.92 Å². The van der Waals surface area contributed by atoms with E-state index in [1.165, 1.54) is 0 Å². The van der Waals surface area contributed by atoms with Crippen LogP contribution in [0.25, 0.3) is 0 Å². The number of rotatable bonds is 4. The number of nitrogen functional groups attached to an aromatic ring is 1. The molecule has 3 N–H and O–H groups in total. The van der Waals surface area contributed by atoms with Crippen molar-refractivity contribution in [3.05, 3.63) is 23.4 Å². The average Bonchev–Trinajstić information content (AvgIpc) is 2.77. The first-order valence-corrected chi connectivity index (χ1v) is 6.66. The third kappa shape index (κ3) is 2.49. The predicted octanol–water partition coefficient (Wildman–Crippen LogP) is 2.19. The van der Waals surface area contributed by atoms with Gasteiger partial charge in [0, 0.05) is 18.4 Å². The zero-order chi connectivity index (χ0) is 13.2. The highest BCUT2D eigenvalue weighted by atomic mass is 16.5. The van der Waals surface area contributed by atoms with Crippen molar-refractivity contribution in [2.75, 3.05) is 18.9 Å². The fraction of sp³-hybridized carbons (Fsp3) is 0.643. The molecule has 0 saturated carbocycles. The van der Waals surface area contributed by atoms with Crippen LogP contribution in [0.15, 0.2) is 12.3 Å². The Kier molecular flexibility index (Phi) is 3.88. The maximum Gasteiger partial charge on any atom is 0.128 e. The van der Waals surface area contributed by atoms with Gasteiger partial charge in [-0.1, -0.05) is 6.92 Å². The summed E-state index contributed by atoms with van der Waals surface area (Å²) in [6, 6.07) is 2.22. The number of aryl methyl sites for hydroxylation is 1. The molecule has 0 aromatic carbocycles. The lowest BCUT2D eigenvalue weighted by atomic mass is 9.87. The average molecular weight is 249 g/mol. The Morgan fingerprint density at radius 3 is 3.00 bits per heavy atom. The molecule has 0 amide bonds. The molecule has 0 spiro atoms. The number of likely N-dealkylation sites (N-methyl/N-ethyl adjacent to an activating group) is 1. The molecule has 0 bridgehead atoms. The maximum absolute atomic E-state index is 6.04. The second-order valence-corrected chi connectivity index (χ2v) is 5.24. The highest BCUT2D eigenvalue weighted by molar-refractivity contribution is 5.44. The Balaban J connectivity index is 2.37. The molecular formula is C14H23N3O. The maximum atomic E-state index is 6.04. The minimum atomic E-state index is -0.181. The Morgan fingerprint density at radius 1 is 1.61 bits per heavy atom. The van der Waals surface area contributed by atoms with Gasteiger partial charge in [-0.2, -0.15) is 0 Å². The van der Waals surface area contributed by atoms with Crippen molar-refractivity contribution in [1.29, 1.82) is 0 Å². The number of anilines is 1. The Labute approximate surface area is 109 Å². The van der Waals surface area contributed by atoms with E-state index in [0.717, 1.165) is 37.1 Å². The van der Waals surface area contributed by atoms with E-state index in [-0.39, 0.29) is 11.6 Å². The standard InChI is InChI=1S/C14H23N3O/c1-4-16-12(14(3)6-5-7-18-14)11-8-10(2)9-17-13(11)15/h8-9,12,16H,4-7H2,1-3H3,(H2,15,17). The van der Waals surface area contributed by atoms with Gasteiger partial charge in [-0.05, 0) is 44.9 Å². The van der Waals surface area contributed by atoms with E-state index < -0.39 is 0 Å². The molecule has 4 heteroatoms. The molecule has 1 aliphatic heterocycles. The largest absolute Gasteiger partial charge is 0.383 e. The zero-order valence-corrected chi connectivity index (χ0v) is 11.5. The molecule has 0 aliphatic carbocycles. The van der Waals surface area contributed by atoms with Crippen molar-refractivity contribution in [3.63, 3.8) is 0 Å². The second kappa shape index (κ2) is 5.24. The van der Waals surface area contributed by atoms with Crippen LogP contribution in [0.5, 0.6) is 0 Å². The van der Waals surface area contributed by atoms with Gasteiger partial charge in [0.15, 0.2) is 0 Å². The highest BCUT2D eigenvalue weighted by Crippen LogP contribution is 2.38. The molecule has 2 heterocycles. The van der Waals surface area contributed by atoms with Crippen molar-refractivity contribution in [2.24, 2.45) is 0 Å². The minimum absolute atomic E-state index is 0.109. The summed E-state index contributed by atoms with van der Waals surface area (Å²) in [6.07, 6.45) is 3.97. The van der Waals surface area contributed by atoms with Crippen LogP contribution in [0.3, 0.4) is 0 Å². The summed E-state index contributed by atoms with van der Waals surface area (Å²) in [4.78, 5) is 4.27. The number of nitrogens with one attached hydrogen (secondary N) is 1. The molecule has 4 nitrogen and oxygen atoms in total. The molecule has 18 heavy (non-hydrogen) atoms. The van der Waals surface area contributed by atoms with Crippen molar-refractivity contribution < 1.29 is 4.74 Å². The third-order valence-electron chi connectivity index (χ3n) is 3.67. The SMILES string of the molecule is CCNC(c1cc(C)cnc1N)C1(C)CCCO1. The number of pyridine rings is 1. The van der Waals surface area contributed by atoms with Gasteiger partial charge in [-0.3, -0.25) is 0 Å². The van der Waals surface area contributed by atoms with E-state index in [9.17, 15) is 0 Å². The first-order valence-electron chi connectivity index (χ1n) is 6.66. The van der Waals surface area contributed by atoms with Crippen LogP contribution in [0.1, 0.15) is 43.9 Å². The number of nitrogens with two attached hydrogens (primary N) is 1. The topological polar surface area (TPSA) is 60.2 Å². The molecule has 1 saturated heterocycles. The van der Waals surface area contributed by atoms with Crippen LogP contribution in [-0.4, -0.2) is 23.7 Å². The van der Waals surface area contributed by atoms with Gasteiger partial charge in [0.1, 0.15) is 5.82 Å². The monoisotopic (exact) mass is 249 g/mol. The molecule has 2 atom stereocenters. The summed E-state index contributed by atoms with van der Waals surface area (Å²) in [5.74, 6) is 0.600. The van der Waals surface area contributed by atoms with Crippen molar-refractivity contribution in [3.8, 4) is 0 Å². The van der Waals surface area contributed by atoms with Gasteiger partial charge in [-0.25, -0.2) is 4.98 Å². The number of hydrogen-bond acceptors (Lipinski definition) is 4. The summed E-state index contributed by atoms with van der Waals surface area (Å²) in [7, 11) is 0. The quantitative estimate of drug-likeness (QED) is 0.858. The Morgan fingerprint density at radius 2 is 2.39 bits per heavy atom. The van der Waals surface area contributed by atoms with Crippen LogP contribution in [0.4, 0.5) is 5.82 Å². The molecule has 1 aliphatic rings. The molecule has 1 aromatic heterocycles. The van der Waals surface area contributed by atoms with E-state index in [2.05, 4.69) is 30.2 Å². The lowest BCUT2D eigenvalue weighted by molar-refractivity contribution is -0.0119. The lowest BCUT2D eigenvalue weighted by Crippen LogP contribution is -2.41. The summed E-state index contributed by atoms with van der Waals surface area (Å²) in [5.41, 5.74) is 8.04. The summed E-state index contributed by atoms with van der Waals surface area (Å²) < 4.78 is 5.96. The minimum Gasteiger partial charge on any atom is -0.383 e. The van der Waals surface area contributed by atoms with E-state index in [4.69, 9.17) is 10.5 Å². The van der Waals surface area contributed by atoms with Crippen molar-refractivity contribution in [2.45, 2.75) is 45.3 Å². The molecule has 100 valence electrons. The fourth-order valence-electron chi connectivity index (χ4n) is 2.72. The second-order valence-electron chi connectivity index (χ2n) is 5.24. The van der Waals surface area contributed by atoms with Crippen molar-refractivity contribution >= 4 is 5.82 Å². The molecule has 2 unspecified atom stereocenters. The number of nitrogens with zero attached hydrogens (tertiary/aromatic N) is 1.